The number of rotatable bonds is 3. The second-order valence-electron chi connectivity index (χ2n) is 1.65. The average molecular weight is 143 g/mol. The monoisotopic (exact) mass is 143 g/mol. The molecule has 0 aromatic carbocycles. The predicted octanol–water partition coefficient (Wildman–Crippen LogP) is 0.0601. The van der Waals surface area contributed by atoms with Gasteiger partial charge in [-0.2, -0.15) is 5.10 Å². The van der Waals surface area contributed by atoms with Crippen molar-refractivity contribution in [2.24, 2.45) is 0 Å². The lowest BCUT2D eigenvalue weighted by Gasteiger charge is -1.94. The third kappa shape index (κ3) is 1.18. The van der Waals surface area contributed by atoms with E-state index < -0.39 is 6.67 Å². The molecule has 0 aliphatic heterocycles. The first-order valence-electron chi connectivity index (χ1n) is 2.77. The molecule has 1 aromatic heterocycles. The maximum atomic E-state index is 11.7. The largest absolute Gasteiger partial charge is 0.294 e. The molecule has 0 radical (unpaired) electrons. The van der Waals surface area contributed by atoms with E-state index in [0.717, 1.165) is 0 Å². The van der Waals surface area contributed by atoms with Crippen LogP contribution in [-0.4, -0.2) is 27.7 Å². The Kier molecular flexibility index (Phi) is 2.09. The van der Waals surface area contributed by atoms with Crippen LogP contribution in [0.3, 0.4) is 0 Å². The minimum atomic E-state index is -0.538. The molecule has 0 unspecified atom stereocenters. The Labute approximate surface area is 56.7 Å². The lowest BCUT2D eigenvalue weighted by Crippen LogP contribution is -2.05. The summed E-state index contributed by atoms with van der Waals surface area (Å²) in [6.07, 6.45) is 1.77. The maximum Gasteiger partial charge on any atom is 0.191 e. The Morgan fingerprint density at radius 2 is 2.60 bits per heavy atom. The summed E-state index contributed by atoms with van der Waals surface area (Å²) in [6.45, 7) is -0.446. The van der Waals surface area contributed by atoms with Gasteiger partial charge in [-0.3, -0.25) is 4.79 Å². The summed E-state index contributed by atoms with van der Waals surface area (Å²) in [5.74, 6) is 0.164. The van der Waals surface area contributed by atoms with E-state index in [1.807, 2.05) is 0 Å². The van der Waals surface area contributed by atoms with Gasteiger partial charge < -0.3 is 0 Å². The molecular weight excluding hydrogens is 137 g/mol. The fourth-order valence-electron chi connectivity index (χ4n) is 0.617. The average Bonchev–Trinajstić information content (AvgIpc) is 2.36. The van der Waals surface area contributed by atoms with Crippen LogP contribution in [0.2, 0.25) is 0 Å². The van der Waals surface area contributed by atoms with Gasteiger partial charge in [0.2, 0.25) is 0 Å². The van der Waals surface area contributed by atoms with Crippen molar-refractivity contribution in [3.05, 3.63) is 12.2 Å². The van der Waals surface area contributed by atoms with Crippen molar-refractivity contribution in [2.45, 2.75) is 6.54 Å². The molecule has 1 heterocycles. The number of aldehydes is 1. The molecule has 1 aromatic rings. The lowest BCUT2D eigenvalue weighted by molar-refractivity contribution is 0.110. The van der Waals surface area contributed by atoms with Gasteiger partial charge in [-0.05, 0) is 0 Å². The predicted molar refractivity (Wildman–Crippen MR) is 31.4 cm³/mol. The van der Waals surface area contributed by atoms with Crippen LogP contribution in [0.1, 0.15) is 10.6 Å². The van der Waals surface area contributed by atoms with Crippen LogP contribution in [-0.2, 0) is 6.54 Å². The molecule has 4 nitrogen and oxygen atoms in total. The van der Waals surface area contributed by atoms with Gasteiger partial charge in [-0.1, -0.05) is 0 Å². The van der Waals surface area contributed by atoms with Gasteiger partial charge >= 0.3 is 0 Å². The molecule has 0 saturated carbocycles. The maximum absolute atomic E-state index is 11.7. The van der Waals surface area contributed by atoms with Crippen molar-refractivity contribution in [2.75, 3.05) is 6.67 Å². The first-order chi connectivity index (χ1) is 4.88. The fourth-order valence-corrected chi connectivity index (χ4v) is 0.617. The summed E-state index contributed by atoms with van der Waals surface area (Å²) in [5, 5.41) is 3.61. The molecule has 1 rings (SSSR count). The quantitative estimate of drug-likeness (QED) is 0.562. The zero-order valence-electron chi connectivity index (χ0n) is 5.20. The third-order valence-corrected chi connectivity index (χ3v) is 1.05. The molecule has 0 N–H and O–H groups in total. The van der Waals surface area contributed by atoms with Gasteiger partial charge in [0.05, 0.1) is 6.54 Å². The summed E-state index contributed by atoms with van der Waals surface area (Å²) in [6, 6.07) is 0. The Balaban J connectivity index is 2.79. The number of nitrogens with zero attached hydrogens (tertiary/aromatic N) is 3. The van der Waals surface area contributed by atoms with E-state index in [1.165, 1.54) is 11.0 Å². The number of carbonyl (C=O) groups excluding carboxylic acids is 1. The van der Waals surface area contributed by atoms with Crippen LogP contribution in [0.25, 0.3) is 0 Å². The summed E-state index contributed by atoms with van der Waals surface area (Å²) in [7, 11) is 0. The highest BCUT2D eigenvalue weighted by Crippen LogP contribution is 1.88. The van der Waals surface area contributed by atoms with Crippen molar-refractivity contribution in [1.29, 1.82) is 0 Å². The van der Waals surface area contributed by atoms with Gasteiger partial charge in [0.15, 0.2) is 12.1 Å². The zero-order chi connectivity index (χ0) is 7.40. The second-order valence-corrected chi connectivity index (χ2v) is 1.65. The second kappa shape index (κ2) is 3.05. The molecule has 0 aliphatic rings. The Hall–Kier alpha value is -1.26. The van der Waals surface area contributed by atoms with E-state index in [4.69, 9.17) is 0 Å². The van der Waals surface area contributed by atoms with Crippen molar-refractivity contribution in [3.8, 4) is 0 Å². The summed E-state index contributed by atoms with van der Waals surface area (Å²) >= 11 is 0. The summed E-state index contributed by atoms with van der Waals surface area (Å²) in [4.78, 5) is 13.7. The normalized spacial score (nSPS) is 9.70. The van der Waals surface area contributed by atoms with Gasteiger partial charge in [0.25, 0.3) is 0 Å². The van der Waals surface area contributed by atoms with E-state index in [0.29, 0.717) is 6.29 Å². The number of hydrogen-bond acceptors (Lipinski definition) is 3. The zero-order valence-corrected chi connectivity index (χ0v) is 5.20. The van der Waals surface area contributed by atoms with Crippen LogP contribution in [0, 0.1) is 0 Å². The van der Waals surface area contributed by atoms with Crippen molar-refractivity contribution in [1.82, 2.24) is 14.8 Å². The van der Waals surface area contributed by atoms with Crippen LogP contribution >= 0.6 is 0 Å². The molecule has 0 fully saturated rings. The number of alkyl halides is 1. The fraction of sp³-hybridized carbons (Fsp3) is 0.400. The molecule has 5 heteroatoms. The topological polar surface area (TPSA) is 47.8 Å². The van der Waals surface area contributed by atoms with E-state index in [1.54, 1.807) is 0 Å². The van der Waals surface area contributed by atoms with Crippen molar-refractivity contribution >= 4 is 6.29 Å². The van der Waals surface area contributed by atoms with Gasteiger partial charge in [-0.15, -0.1) is 0 Å². The van der Waals surface area contributed by atoms with Gasteiger partial charge in [0, 0.05) is 0 Å². The molecular formula is C5H6FN3O. The van der Waals surface area contributed by atoms with Gasteiger partial charge in [0.1, 0.15) is 13.0 Å². The van der Waals surface area contributed by atoms with Crippen LogP contribution in [0.15, 0.2) is 6.33 Å². The lowest BCUT2D eigenvalue weighted by atomic mass is 10.6. The van der Waals surface area contributed by atoms with E-state index in [9.17, 15) is 9.18 Å². The van der Waals surface area contributed by atoms with Crippen LogP contribution in [0.5, 0.6) is 0 Å². The van der Waals surface area contributed by atoms with Crippen molar-refractivity contribution in [3.63, 3.8) is 0 Å². The van der Waals surface area contributed by atoms with Gasteiger partial charge in [-0.25, -0.2) is 14.1 Å². The molecule has 0 amide bonds. The first kappa shape index (κ1) is 6.85. The van der Waals surface area contributed by atoms with E-state index >= 15 is 0 Å². The number of halogens is 1. The smallest absolute Gasteiger partial charge is 0.191 e. The van der Waals surface area contributed by atoms with E-state index in [-0.39, 0.29) is 12.4 Å². The number of aryl methyl sites for hydroxylation is 1. The molecule has 0 spiro atoms. The molecule has 0 bridgehead atoms. The highest BCUT2D eigenvalue weighted by molar-refractivity contribution is 5.68. The first-order valence-corrected chi connectivity index (χ1v) is 2.77. The Morgan fingerprint density at radius 1 is 1.80 bits per heavy atom. The highest BCUT2D eigenvalue weighted by atomic mass is 19.1. The third-order valence-electron chi connectivity index (χ3n) is 1.05. The number of hydrogen-bond donors (Lipinski definition) is 0. The highest BCUT2D eigenvalue weighted by Gasteiger charge is 1.99. The van der Waals surface area contributed by atoms with Crippen LogP contribution < -0.4 is 0 Å². The molecule has 0 aliphatic carbocycles. The summed E-state index contributed by atoms with van der Waals surface area (Å²) < 4.78 is 12.9. The molecule has 0 atom stereocenters. The SMILES string of the molecule is O=Cc1ncnn1CCF. The number of aromatic nitrogens is 3. The minimum absolute atomic E-state index is 0.0913. The molecule has 54 valence electrons. The number of carbonyl (C=O) groups is 1. The molecule has 10 heavy (non-hydrogen) atoms. The van der Waals surface area contributed by atoms with E-state index in [2.05, 4.69) is 10.1 Å². The van der Waals surface area contributed by atoms with Crippen molar-refractivity contribution < 1.29 is 9.18 Å². The molecule has 0 saturated heterocycles. The standard InChI is InChI=1S/C5H6FN3O/c6-1-2-9-5(3-10)7-4-8-9/h3-4H,1-2H2. The van der Waals surface area contributed by atoms with Crippen LogP contribution in [0.4, 0.5) is 4.39 Å². The Bertz CT molecular complexity index is 222. The minimum Gasteiger partial charge on any atom is -0.294 e. The Morgan fingerprint density at radius 3 is 3.20 bits per heavy atom. The summed E-state index contributed by atoms with van der Waals surface area (Å²) in [5.41, 5.74) is 0.